The van der Waals surface area contributed by atoms with E-state index >= 15 is 0 Å². The van der Waals surface area contributed by atoms with E-state index in [9.17, 15) is 19.5 Å². The van der Waals surface area contributed by atoms with Gasteiger partial charge < -0.3 is 20.1 Å². The van der Waals surface area contributed by atoms with Crippen LogP contribution < -0.4 is 5.32 Å². The zero-order chi connectivity index (χ0) is 27.1. The maximum atomic E-state index is 13.6. The molecule has 0 fully saturated rings. The van der Waals surface area contributed by atoms with Crippen LogP contribution in [-0.2, 0) is 14.3 Å². The highest BCUT2D eigenvalue weighted by Gasteiger charge is 2.37. The standard InChI is InChI=1S/C25H44N4O5S/c1-11-16(5)18(13-19(30)21-26-17(14-35-21)23(32)34-12-2)29(10)22(31)20(15(3)4)27-24(33)25(6,7)28(8)9/h14-16,18-20,30H,11-13H2,1-10H3,(H,27,33)/t16?,18-,19-,20+/m1/s1. The van der Waals surface area contributed by atoms with E-state index in [0.29, 0.717) is 5.01 Å². The molecule has 0 saturated heterocycles. The summed E-state index contributed by atoms with van der Waals surface area (Å²) in [6.07, 6.45) is 0.111. The van der Waals surface area contributed by atoms with Crippen LogP contribution in [0.1, 0.15) is 82.9 Å². The molecule has 0 radical (unpaired) electrons. The number of aliphatic hydroxyl groups excluding tert-OH is 1. The Balaban J connectivity index is 3.10. The lowest BCUT2D eigenvalue weighted by molar-refractivity contribution is -0.142. The number of amides is 2. The molecule has 0 aliphatic heterocycles. The number of hydrogen-bond acceptors (Lipinski definition) is 8. The Bertz CT molecular complexity index is 855. The Morgan fingerprint density at radius 3 is 2.26 bits per heavy atom. The second kappa shape index (κ2) is 13.3. The number of hydrogen-bond donors (Lipinski definition) is 2. The number of esters is 1. The van der Waals surface area contributed by atoms with Crippen LogP contribution in [0.2, 0.25) is 0 Å². The highest BCUT2D eigenvalue weighted by atomic mass is 32.1. The van der Waals surface area contributed by atoms with Gasteiger partial charge in [0.25, 0.3) is 0 Å². The number of aliphatic hydroxyl groups is 1. The van der Waals surface area contributed by atoms with Crippen LogP contribution in [0, 0.1) is 11.8 Å². The van der Waals surface area contributed by atoms with Crippen molar-refractivity contribution in [2.75, 3.05) is 27.7 Å². The third kappa shape index (κ3) is 7.98. The smallest absolute Gasteiger partial charge is 0.357 e. The summed E-state index contributed by atoms with van der Waals surface area (Å²) in [7, 11) is 5.37. The molecule has 1 aromatic rings. The van der Waals surface area contributed by atoms with Crippen molar-refractivity contribution in [3.8, 4) is 0 Å². The number of carbonyl (C=O) groups is 3. The topological polar surface area (TPSA) is 112 Å². The van der Waals surface area contributed by atoms with E-state index in [1.54, 1.807) is 24.3 Å². The second-order valence-corrected chi connectivity index (χ2v) is 11.0. The van der Waals surface area contributed by atoms with Crippen LogP contribution in [0.15, 0.2) is 5.38 Å². The van der Waals surface area contributed by atoms with Crippen molar-refractivity contribution in [2.45, 2.75) is 85.0 Å². The number of nitrogens with one attached hydrogen (secondary N) is 1. The maximum absolute atomic E-state index is 13.6. The van der Waals surface area contributed by atoms with Crippen molar-refractivity contribution in [2.24, 2.45) is 11.8 Å². The van der Waals surface area contributed by atoms with Crippen molar-refractivity contribution in [3.63, 3.8) is 0 Å². The lowest BCUT2D eigenvalue weighted by Crippen LogP contribution is -2.59. The Hall–Kier alpha value is -2.04. The van der Waals surface area contributed by atoms with E-state index in [4.69, 9.17) is 4.74 Å². The molecule has 0 aliphatic rings. The molecule has 9 nitrogen and oxygen atoms in total. The minimum Gasteiger partial charge on any atom is -0.461 e. The third-order valence-corrected chi connectivity index (χ3v) is 7.74. The molecule has 2 amide bonds. The zero-order valence-electron chi connectivity index (χ0n) is 22.9. The van der Waals surface area contributed by atoms with E-state index < -0.39 is 23.7 Å². The number of carbonyl (C=O) groups excluding carboxylic acids is 3. The van der Waals surface area contributed by atoms with Crippen LogP contribution >= 0.6 is 11.3 Å². The molecular weight excluding hydrogens is 468 g/mol. The first-order valence-corrected chi connectivity index (χ1v) is 13.1. The minimum atomic E-state index is -0.947. The van der Waals surface area contributed by atoms with Gasteiger partial charge in [-0.15, -0.1) is 11.3 Å². The van der Waals surface area contributed by atoms with Gasteiger partial charge in [0.05, 0.1) is 12.1 Å². The van der Waals surface area contributed by atoms with Crippen LogP contribution in [0.25, 0.3) is 0 Å². The third-order valence-electron chi connectivity index (χ3n) is 6.80. The molecule has 200 valence electrons. The largest absolute Gasteiger partial charge is 0.461 e. The van der Waals surface area contributed by atoms with Crippen molar-refractivity contribution in [1.29, 1.82) is 0 Å². The van der Waals surface area contributed by atoms with Gasteiger partial charge in [-0.05, 0) is 46.7 Å². The Kier molecular flexibility index (Phi) is 11.8. The minimum absolute atomic E-state index is 0.0878. The van der Waals surface area contributed by atoms with Crippen molar-refractivity contribution >= 4 is 29.1 Å². The summed E-state index contributed by atoms with van der Waals surface area (Å²) in [5.41, 5.74) is -0.610. The van der Waals surface area contributed by atoms with E-state index in [0.717, 1.165) is 6.42 Å². The molecule has 0 aliphatic carbocycles. The number of nitrogens with zero attached hydrogens (tertiary/aromatic N) is 3. The Morgan fingerprint density at radius 1 is 1.17 bits per heavy atom. The molecule has 35 heavy (non-hydrogen) atoms. The molecule has 1 rings (SSSR count). The summed E-state index contributed by atoms with van der Waals surface area (Å²) in [6, 6.07) is -0.997. The predicted molar refractivity (Wildman–Crippen MR) is 138 cm³/mol. The molecule has 1 heterocycles. The van der Waals surface area contributed by atoms with E-state index in [-0.39, 0.29) is 48.4 Å². The molecule has 10 heteroatoms. The molecule has 2 N–H and O–H groups in total. The van der Waals surface area contributed by atoms with Gasteiger partial charge in [-0.25, -0.2) is 9.78 Å². The fourth-order valence-electron chi connectivity index (χ4n) is 3.53. The van der Waals surface area contributed by atoms with Gasteiger partial charge in [0.15, 0.2) is 5.69 Å². The average Bonchev–Trinajstić information content (AvgIpc) is 3.29. The van der Waals surface area contributed by atoms with Gasteiger partial charge in [-0.2, -0.15) is 0 Å². The zero-order valence-corrected chi connectivity index (χ0v) is 23.7. The highest BCUT2D eigenvalue weighted by molar-refractivity contribution is 7.09. The fraction of sp³-hybridized carbons (Fsp3) is 0.760. The lowest BCUT2D eigenvalue weighted by Gasteiger charge is -2.38. The number of rotatable bonds is 13. The SMILES string of the molecule is CCOC(=O)c1csc([C@H](O)C[C@H](C(C)CC)N(C)C(=O)[C@@H](NC(=O)C(C)(C)N(C)C)C(C)C)n1. The number of aromatic nitrogens is 1. The van der Waals surface area contributed by atoms with Crippen molar-refractivity contribution in [1.82, 2.24) is 20.1 Å². The van der Waals surface area contributed by atoms with E-state index in [1.165, 1.54) is 11.3 Å². The molecule has 0 spiro atoms. The van der Waals surface area contributed by atoms with Crippen LogP contribution in [0.3, 0.4) is 0 Å². The number of ether oxygens (including phenoxy) is 1. The first-order chi connectivity index (χ1) is 16.2. The summed E-state index contributed by atoms with van der Waals surface area (Å²) in [5.74, 6) is -0.987. The molecule has 4 atom stereocenters. The van der Waals surface area contributed by atoms with Crippen molar-refractivity contribution < 1.29 is 24.2 Å². The van der Waals surface area contributed by atoms with Gasteiger partial charge in [0.2, 0.25) is 11.8 Å². The van der Waals surface area contributed by atoms with Gasteiger partial charge >= 0.3 is 5.97 Å². The van der Waals surface area contributed by atoms with E-state index in [2.05, 4.69) is 10.3 Å². The van der Waals surface area contributed by atoms with Gasteiger partial charge in [0, 0.05) is 24.9 Å². The number of likely N-dealkylation sites (N-methyl/N-ethyl adjacent to an activating group) is 2. The van der Waals surface area contributed by atoms with Crippen LogP contribution in [-0.4, -0.2) is 83.0 Å². The molecule has 1 aromatic heterocycles. The quantitative estimate of drug-likeness (QED) is 0.391. The number of thiazole rings is 1. The fourth-order valence-corrected chi connectivity index (χ4v) is 4.32. The maximum Gasteiger partial charge on any atom is 0.357 e. The summed E-state index contributed by atoms with van der Waals surface area (Å²) in [4.78, 5) is 46.2. The molecular formula is C25H44N4O5S. The van der Waals surface area contributed by atoms with Crippen molar-refractivity contribution in [3.05, 3.63) is 16.1 Å². The van der Waals surface area contributed by atoms with Crippen LogP contribution in [0.4, 0.5) is 0 Å². The average molecular weight is 513 g/mol. The summed E-state index contributed by atoms with van der Waals surface area (Å²) in [5, 5.41) is 15.9. The van der Waals surface area contributed by atoms with Crippen LogP contribution in [0.5, 0.6) is 0 Å². The summed E-state index contributed by atoms with van der Waals surface area (Å²) < 4.78 is 4.98. The first kappa shape index (κ1) is 31.0. The summed E-state index contributed by atoms with van der Waals surface area (Å²) in [6.45, 7) is 13.5. The second-order valence-electron chi connectivity index (χ2n) is 10.1. The van der Waals surface area contributed by atoms with Gasteiger partial charge in [-0.3, -0.25) is 14.5 Å². The Labute approximate surface area is 214 Å². The lowest BCUT2D eigenvalue weighted by atomic mass is 9.91. The predicted octanol–water partition coefficient (Wildman–Crippen LogP) is 3.10. The van der Waals surface area contributed by atoms with Gasteiger partial charge in [-0.1, -0.05) is 34.1 Å². The molecule has 0 bridgehead atoms. The Morgan fingerprint density at radius 2 is 1.77 bits per heavy atom. The van der Waals surface area contributed by atoms with Gasteiger partial charge in [0.1, 0.15) is 17.2 Å². The molecule has 0 saturated carbocycles. The summed E-state index contributed by atoms with van der Waals surface area (Å²) >= 11 is 1.19. The normalized spacial score (nSPS) is 15.5. The first-order valence-electron chi connectivity index (χ1n) is 12.2. The molecule has 1 unspecified atom stereocenters. The highest BCUT2D eigenvalue weighted by Crippen LogP contribution is 2.29. The van der Waals surface area contributed by atoms with E-state index in [1.807, 2.05) is 60.5 Å². The monoisotopic (exact) mass is 512 g/mol. The molecule has 0 aromatic carbocycles.